The number of esters is 1. The lowest BCUT2D eigenvalue weighted by molar-refractivity contribution is -0.145. The molecule has 4 aliphatic carbocycles. The van der Waals surface area contributed by atoms with Crippen LogP contribution in [0.1, 0.15) is 23.2 Å². The topological polar surface area (TPSA) is 80.8 Å². The third kappa shape index (κ3) is 3.06. The lowest BCUT2D eigenvalue weighted by Gasteiger charge is -2.37. The number of amides is 2. The summed E-state index contributed by atoms with van der Waals surface area (Å²) in [5.74, 6) is -0.240. The molecule has 1 aliphatic heterocycles. The summed E-state index contributed by atoms with van der Waals surface area (Å²) in [6, 6.07) is 6.78. The number of Topliss-reactive ketones (excluding diaryl/α,β-unsaturated/α-hetero) is 1. The Kier molecular flexibility index (Phi) is 4.46. The van der Waals surface area contributed by atoms with Crippen LogP contribution in [0.15, 0.2) is 40.9 Å². The molecule has 7 heteroatoms. The van der Waals surface area contributed by atoms with Gasteiger partial charge < -0.3 is 4.74 Å². The van der Waals surface area contributed by atoms with E-state index in [1.165, 1.54) is 4.90 Å². The minimum atomic E-state index is -0.588. The van der Waals surface area contributed by atoms with Gasteiger partial charge in [-0.1, -0.05) is 40.2 Å². The fourth-order valence-electron chi connectivity index (χ4n) is 5.38. The van der Waals surface area contributed by atoms with E-state index in [4.69, 9.17) is 4.74 Å². The number of ketones is 1. The molecule has 1 saturated heterocycles. The molecule has 5 aliphatic rings. The van der Waals surface area contributed by atoms with Crippen LogP contribution in [0.25, 0.3) is 0 Å². The Morgan fingerprint density at radius 1 is 1.00 bits per heavy atom. The van der Waals surface area contributed by atoms with Gasteiger partial charge in [0.25, 0.3) is 0 Å². The number of carbonyl (C=O) groups is 4. The highest BCUT2D eigenvalue weighted by Gasteiger charge is 2.66. The van der Waals surface area contributed by atoms with Gasteiger partial charge in [0.15, 0.2) is 12.4 Å². The maximum Gasteiger partial charge on any atom is 0.308 e. The number of rotatable bonds is 6. The second-order valence-corrected chi connectivity index (χ2v) is 9.24. The Hall–Kier alpha value is -2.28. The van der Waals surface area contributed by atoms with Crippen molar-refractivity contribution in [2.75, 3.05) is 13.2 Å². The SMILES string of the molecule is O=C(CCN1C(=O)[C@@H]2[C@H]3C=C[C@@H]([C@@H]4C[C@@H]34)[C@H]2C1=O)OCC(=O)c1ccc(Br)cc1. The number of imide groups is 1. The summed E-state index contributed by atoms with van der Waals surface area (Å²) in [6.07, 6.45) is 5.27. The highest BCUT2D eigenvalue weighted by Crippen LogP contribution is 2.65. The first-order chi connectivity index (χ1) is 14.0. The van der Waals surface area contributed by atoms with Gasteiger partial charge in [-0.3, -0.25) is 24.1 Å². The molecule has 0 aromatic heterocycles. The van der Waals surface area contributed by atoms with Crippen LogP contribution < -0.4 is 0 Å². The number of benzene rings is 1. The van der Waals surface area contributed by atoms with Gasteiger partial charge in [0.1, 0.15) is 0 Å². The van der Waals surface area contributed by atoms with Gasteiger partial charge in [-0.2, -0.15) is 0 Å². The molecule has 0 unspecified atom stereocenters. The van der Waals surface area contributed by atoms with Crippen LogP contribution in [0, 0.1) is 35.5 Å². The molecular formula is C22H20BrNO5. The molecule has 2 bridgehead atoms. The zero-order valence-corrected chi connectivity index (χ0v) is 17.2. The molecule has 29 heavy (non-hydrogen) atoms. The normalized spacial score (nSPS) is 33.5. The number of hydrogen-bond donors (Lipinski definition) is 0. The van der Waals surface area contributed by atoms with E-state index in [9.17, 15) is 19.2 Å². The van der Waals surface area contributed by atoms with E-state index in [2.05, 4.69) is 28.1 Å². The fraction of sp³-hybridized carbons (Fsp3) is 0.455. The molecule has 6 rings (SSSR count). The molecule has 0 N–H and O–H groups in total. The number of nitrogens with zero attached hydrogens (tertiary/aromatic N) is 1. The van der Waals surface area contributed by atoms with Crippen molar-refractivity contribution in [3.05, 3.63) is 46.5 Å². The molecule has 6 atom stereocenters. The van der Waals surface area contributed by atoms with Crippen molar-refractivity contribution in [1.29, 1.82) is 0 Å². The number of carbonyl (C=O) groups excluding carboxylic acids is 4. The molecule has 1 aromatic carbocycles. The Labute approximate surface area is 176 Å². The van der Waals surface area contributed by atoms with Crippen LogP contribution in [-0.4, -0.2) is 41.6 Å². The van der Waals surface area contributed by atoms with E-state index in [0.29, 0.717) is 17.4 Å². The third-order valence-corrected chi connectivity index (χ3v) is 7.35. The maximum absolute atomic E-state index is 12.9. The van der Waals surface area contributed by atoms with Crippen molar-refractivity contribution in [3.8, 4) is 0 Å². The minimum Gasteiger partial charge on any atom is -0.457 e. The van der Waals surface area contributed by atoms with Crippen LogP contribution >= 0.6 is 15.9 Å². The van der Waals surface area contributed by atoms with Crippen molar-refractivity contribution < 1.29 is 23.9 Å². The number of ether oxygens (including phenoxy) is 1. The van der Waals surface area contributed by atoms with Crippen molar-refractivity contribution in [2.45, 2.75) is 12.8 Å². The molecular weight excluding hydrogens is 438 g/mol. The predicted molar refractivity (Wildman–Crippen MR) is 105 cm³/mol. The van der Waals surface area contributed by atoms with Gasteiger partial charge in [-0.25, -0.2) is 0 Å². The summed E-state index contributed by atoms with van der Waals surface area (Å²) >= 11 is 3.30. The molecule has 6 nitrogen and oxygen atoms in total. The average molecular weight is 458 g/mol. The van der Waals surface area contributed by atoms with Crippen LogP contribution in [0.2, 0.25) is 0 Å². The molecule has 2 amide bonds. The van der Waals surface area contributed by atoms with Gasteiger partial charge in [-0.15, -0.1) is 0 Å². The van der Waals surface area contributed by atoms with Crippen LogP contribution in [0.5, 0.6) is 0 Å². The first kappa shape index (κ1) is 18.7. The fourth-order valence-corrected chi connectivity index (χ4v) is 5.64. The van der Waals surface area contributed by atoms with Crippen molar-refractivity contribution in [3.63, 3.8) is 0 Å². The second-order valence-electron chi connectivity index (χ2n) is 8.32. The zero-order chi connectivity index (χ0) is 20.3. The number of allylic oxidation sites excluding steroid dienone is 2. The van der Waals surface area contributed by atoms with E-state index >= 15 is 0 Å². The maximum atomic E-state index is 12.9. The Balaban J connectivity index is 1.15. The quantitative estimate of drug-likeness (QED) is 0.284. The highest BCUT2D eigenvalue weighted by molar-refractivity contribution is 9.10. The second kappa shape index (κ2) is 6.90. The Morgan fingerprint density at radius 2 is 1.59 bits per heavy atom. The lowest BCUT2D eigenvalue weighted by Crippen LogP contribution is -2.40. The van der Waals surface area contributed by atoms with Crippen LogP contribution in [0.3, 0.4) is 0 Å². The summed E-state index contributed by atoms with van der Waals surface area (Å²) < 4.78 is 5.91. The lowest BCUT2D eigenvalue weighted by atomic mass is 9.63. The van der Waals surface area contributed by atoms with Crippen molar-refractivity contribution >= 4 is 39.5 Å². The van der Waals surface area contributed by atoms with E-state index < -0.39 is 5.97 Å². The summed E-state index contributed by atoms with van der Waals surface area (Å²) in [7, 11) is 0. The van der Waals surface area contributed by atoms with Crippen molar-refractivity contribution in [2.24, 2.45) is 35.5 Å². The van der Waals surface area contributed by atoms with E-state index in [-0.39, 0.29) is 60.8 Å². The summed E-state index contributed by atoms with van der Waals surface area (Å²) in [4.78, 5) is 51.1. The molecule has 2 saturated carbocycles. The number of hydrogen-bond acceptors (Lipinski definition) is 5. The minimum absolute atomic E-state index is 0.0186. The molecule has 150 valence electrons. The smallest absolute Gasteiger partial charge is 0.308 e. The number of halogens is 1. The van der Waals surface area contributed by atoms with Gasteiger partial charge in [0.2, 0.25) is 11.8 Å². The largest absolute Gasteiger partial charge is 0.457 e. The molecule has 3 fully saturated rings. The standard InChI is InChI=1S/C22H20BrNO5/c23-12-3-1-11(2-4-12)17(25)10-29-18(26)7-8-24-21(27)19-13-5-6-14(16-9-15(13)16)20(19)22(24)28/h1-6,13-16,19-20H,7-10H2/t13-,14-,15-,16-,19+,20+/m0/s1. The Morgan fingerprint density at radius 3 is 2.17 bits per heavy atom. The molecule has 0 radical (unpaired) electrons. The van der Waals surface area contributed by atoms with E-state index in [1.54, 1.807) is 24.3 Å². The summed E-state index contributed by atoms with van der Waals surface area (Å²) in [5.41, 5.74) is 0.455. The number of likely N-dealkylation sites (tertiary alicyclic amines) is 1. The first-order valence-corrected chi connectivity index (χ1v) is 10.7. The molecule has 1 heterocycles. The first-order valence-electron chi connectivity index (χ1n) is 9.93. The predicted octanol–water partition coefficient (Wildman–Crippen LogP) is 2.62. The van der Waals surface area contributed by atoms with Gasteiger partial charge in [0.05, 0.1) is 18.3 Å². The third-order valence-electron chi connectivity index (χ3n) is 6.82. The van der Waals surface area contributed by atoms with Gasteiger partial charge >= 0.3 is 5.97 Å². The van der Waals surface area contributed by atoms with E-state index in [1.807, 2.05) is 0 Å². The monoisotopic (exact) mass is 457 g/mol. The van der Waals surface area contributed by atoms with Crippen LogP contribution in [0.4, 0.5) is 0 Å². The Bertz CT molecular complexity index is 903. The molecule has 1 aromatic rings. The summed E-state index contributed by atoms with van der Waals surface area (Å²) in [6.45, 7) is -0.338. The van der Waals surface area contributed by atoms with Gasteiger partial charge in [-0.05, 0) is 42.2 Å². The zero-order valence-electron chi connectivity index (χ0n) is 15.6. The summed E-state index contributed by atoms with van der Waals surface area (Å²) in [5, 5.41) is 0. The van der Waals surface area contributed by atoms with Crippen LogP contribution in [-0.2, 0) is 19.1 Å². The molecule has 0 spiro atoms. The average Bonchev–Trinajstić information content (AvgIpc) is 3.50. The van der Waals surface area contributed by atoms with Crippen molar-refractivity contribution in [1.82, 2.24) is 4.90 Å². The van der Waals surface area contributed by atoms with Gasteiger partial charge in [0, 0.05) is 16.6 Å². The van der Waals surface area contributed by atoms with E-state index in [0.717, 1.165) is 10.9 Å². The highest BCUT2D eigenvalue weighted by atomic mass is 79.9.